The highest BCUT2D eigenvalue weighted by atomic mass is 16.2. The lowest BCUT2D eigenvalue weighted by atomic mass is 9.85. The van der Waals surface area contributed by atoms with Gasteiger partial charge >= 0.3 is 0 Å². The summed E-state index contributed by atoms with van der Waals surface area (Å²) in [6, 6.07) is 10.6. The average Bonchev–Trinajstić information content (AvgIpc) is 2.95. The molecule has 0 spiro atoms. The van der Waals surface area contributed by atoms with Crippen LogP contribution in [0.2, 0.25) is 0 Å². The summed E-state index contributed by atoms with van der Waals surface area (Å²) in [5, 5.41) is 0. The molecule has 2 atom stereocenters. The van der Waals surface area contributed by atoms with Gasteiger partial charge in [0.1, 0.15) is 0 Å². The third-order valence-electron chi connectivity index (χ3n) is 6.17. The van der Waals surface area contributed by atoms with Gasteiger partial charge in [-0.2, -0.15) is 0 Å². The van der Waals surface area contributed by atoms with Crippen LogP contribution in [0.3, 0.4) is 0 Å². The molecule has 144 valence electrons. The molecule has 5 nitrogen and oxygen atoms in total. The van der Waals surface area contributed by atoms with E-state index >= 15 is 0 Å². The number of allylic oxidation sites excluding steroid dienone is 2. The summed E-state index contributed by atoms with van der Waals surface area (Å²) in [6.07, 6.45) is 6.43. The lowest BCUT2D eigenvalue weighted by Gasteiger charge is -2.35. The molecule has 1 aliphatic carbocycles. The second-order valence-corrected chi connectivity index (χ2v) is 7.94. The number of rotatable bonds is 6. The number of carbonyl (C=O) groups is 2. The third kappa shape index (κ3) is 4.14. The van der Waals surface area contributed by atoms with Crippen molar-refractivity contribution in [2.45, 2.75) is 25.8 Å². The summed E-state index contributed by atoms with van der Waals surface area (Å²) >= 11 is 0. The topological polar surface area (TPSA) is 43.9 Å². The van der Waals surface area contributed by atoms with Gasteiger partial charge in [0.05, 0.1) is 11.8 Å². The highest BCUT2D eigenvalue weighted by molar-refractivity contribution is 6.05. The van der Waals surface area contributed by atoms with E-state index in [2.05, 4.69) is 40.1 Å². The molecule has 2 amide bonds. The van der Waals surface area contributed by atoms with Gasteiger partial charge in [0, 0.05) is 39.3 Å². The number of imide groups is 1. The molecule has 2 unspecified atom stereocenters. The molecule has 2 fully saturated rings. The quantitative estimate of drug-likeness (QED) is 0.571. The Kier molecular flexibility index (Phi) is 5.69. The van der Waals surface area contributed by atoms with E-state index in [9.17, 15) is 9.59 Å². The molecule has 0 aromatic heterocycles. The Labute approximate surface area is 161 Å². The van der Waals surface area contributed by atoms with Crippen LogP contribution < -0.4 is 0 Å². The fraction of sp³-hybridized carbons (Fsp3) is 0.545. The Bertz CT molecular complexity index is 669. The van der Waals surface area contributed by atoms with Crippen LogP contribution in [0.4, 0.5) is 0 Å². The van der Waals surface area contributed by atoms with Crippen LogP contribution in [0.5, 0.6) is 0 Å². The number of piperazine rings is 1. The Morgan fingerprint density at radius 2 is 1.37 bits per heavy atom. The Morgan fingerprint density at radius 3 is 2.00 bits per heavy atom. The third-order valence-corrected chi connectivity index (χ3v) is 6.17. The molecular formula is C22H29N3O2. The zero-order valence-corrected chi connectivity index (χ0v) is 15.9. The number of hydrogen-bond acceptors (Lipinski definition) is 4. The molecule has 0 saturated carbocycles. The van der Waals surface area contributed by atoms with Crippen LogP contribution in [0.1, 0.15) is 24.8 Å². The van der Waals surface area contributed by atoms with Gasteiger partial charge in [-0.05, 0) is 31.4 Å². The maximum Gasteiger partial charge on any atom is 0.233 e. The van der Waals surface area contributed by atoms with Crippen molar-refractivity contribution in [2.24, 2.45) is 11.8 Å². The Balaban J connectivity index is 1.19. The van der Waals surface area contributed by atoms with Crippen molar-refractivity contribution in [3.05, 3.63) is 48.0 Å². The van der Waals surface area contributed by atoms with Crippen molar-refractivity contribution < 1.29 is 9.59 Å². The first-order chi connectivity index (χ1) is 13.2. The van der Waals surface area contributed by atoms with Crippen LogP contribution in [0.25, 0.3) is 0 Å². The number of likely N-dealkylation sites (tertiary alicyclic amines) is 1. The summed E-state index contributed by atoms with van der Waals surface area (Å²) in [5.74, 6) is -0.0721. The minimum atomic E-state index is -0.0935. The maximum absolute atomic E-state index is 12.5. The van der Waals surface area contributed by atoms with Crippen LogP contribution in [0, 0.1) is 11.8 Å². The molecule has 0 bridgehead atoms. The van der Waals surface area contributed by atoms with Gasteiger partial charge in [-0.3, -0.25) is 19.4 Å². The summed E-state index contributed by atoms with van der Waals surface area (Å²) in [5.41, 5.74) is 1.37. The van der Waals surface area contributed by atoms with E-state index < -0.39 is 0 Å². The first kappa shape index (κ1) is 18.4. The number of carbonyl (C=O) groups excluding carboxylic acids is 2. The van der Waals surface area contributed by atoms with Gasteiger partial charge in [-0.1, -0.05) is 42.5 Å². The van der Waals surface area contributed by atoms with E-state index in [1.54, 1.807) is 0 Å². The molecule has 1 aromatic carbocycles. The predicted molar refractivity (Wildman–Crippen MR) is 105 cm³/mol. The highest BCUT2D eigenvalue weighted by Gasteiger charge is 2.46. The van der Waals surface area contributed by atoms with Crippen molar-refractivity contribution in [1.82, 2.24) is 14.7 Å². The van der Waals surface area contributed by atoms with Crippen molar-refractivity contribution in [3.8, 4) is 0 Å². The van der Waals surface area contributed by atoms with E-state index in [-0.39, 0.29) is 23.7 Å². The van der Waals surface area contributed by atoms with Gasteiger partial charge in [-0.15, -0.1) is 0 Å². The number of benzene rings is 1. The lowest BCUT2D eigenvalue weighted by Crippen LogP contribution is -2.46. The van der Waals surface area contributed by atoms with E-state index in [1.165, 1.54) is 10.5 Å². The minimum Gasteiger partial charge on any atom is -0.301 e. The largest absolute Gasteiger partial charge is 0.301 e. The summed E-state index contributed by atoms with van der Waals surface area (Å²) in [6.45, 7) is 6.83. The minimum absolute atomic E-state index is 0.0574. The van der Waals surface area contributed by atoms with Crippen LogP contribution in [0.15, 0.2) is 42.5 Å². The van der Waals surface area contributed by atoms with Gasteiger partial charge in [-0.25, -0.2) is 0 Å². The van der Waals surface area contributed by atoms with Crippen LogP contribution in [-0.4, -0.2) is 65.8 Å². The smallest absolute Gasteiger partial charge is 0.233 e. The van der Waals surface area contributed by atoms with Crippen molar-refractivity contribution >= 4 is 11.8 Å². The van der Waals surface area contributed by atoms with Crippen LogP contribution >= 0.6 is 0 Å². The van der Waals surface area contributed by atoms with Crippen molar-refractivity contribution in [3.63, 3.8) is 0 Å². The zero-order chi connectivity index (χ0) is 18.6. The molecule has 2 saturated heterocycles. The van der Waals surface area contributed by atoms with Gasteiger partial charge in [0.2, 0.25) is 11.8 Å². The van der Waals surface area contributed by atoms with Crippen molar-refractivity contribution in [1.29, 1.82) is 0 Å². The van der Waals surface area contributed by atoms with Gasteiger partial charge in [0.25, 0.3) is 0 Å². The van der Waals surface area contributed by atoms with E-state index in [0.29, 0.717) is 6.54 Å². The molecule has 1 aromatic rings. The maximum atomic E-state index is 12.5. The summed E-state index contributed by atoms with van der Waals surface area (Å²) in [4.78, 5) is 31.5. The Hall–Kier alpha value is -1.98. The van der Waals surface area contributed by atoms with Gasteiger partial charge in [0.15, 0.2) is 0 Å². The first-order valence-electron chi connectivity index (χ1n) is 10.2. The predicted octanol–water partition coefficient (Wildman–Crippen LogP) is 2.15. The highest BCUT2D eigenvalue weighted by Crippen LogP contribution is 2.35. The van der Waals surface area contributed by atoms with E-state index in [0.717, 1.165) is 58.5 Å². The zero-order valence-electron chi connectivity index (χ0n) is 15.9. The van der Waals surface area contributed by atoms with E-state index in [4.69, 9.17) is 0 Å². The molecule has 27 heavy (non-hydrogen) atoms. The summed E-state index contributed by atoms with van der Waals surface area (Å²) < 4.78 is 0. The standard InChI is InChI=1S/C22H29N3O2/c26-21-19-9-4-5-10-20(19)22(27)25(21)12-6-11-23-13-15-24(16-14-23)17-18-7-2-1-3-8-18/h1-5,7-8,19-20H,6,9-17H2. The monoisotopic (exact) mass is 367 g/mol. The SMILES string of the molecule is O=C1C2CC=CCC2C(=O)N1CCCN1CCN(Cc2ccccc2)CC1. The normalized spacial score (nSPS) is 26.6. The van der Waals surface area contributed by atoms with Crippen LogP contribution in [-0.2, 0) is 16.1 Å². The molecule has 5 heteroatoms. The molecule has 0 radical (unpaired) electrons. The first-order valence-corrected chi connectivity index (χ1v) is 10.2. The molecule has 4 rings (SSSR count). The molecular weight excluding hydrogens is 338 g/mol. The number of amides is 2. The second kappa shape index (κ2) is 8.36. The van der Waals surface area contributed by atoms with Gasteiger partial charge < -0.3 is 4.90 Å². The lowest BCUT2D eigenvalue weighted by molar-refractivity contribution is -0.140. The van der Waals surface area contributed by atoms with Crippen molar-refractivity contribution in [2.75, 3.05) is 39.3 Å². The number of nitrogens with zero attached hydrogens (tertiary/aromatic N) is 3. The fourth-order valence-electron chi connectivity index (χ4n) is 4.55. The Morgan fingerprint density at radius 1 is 0.778 bits per heavy atom. The molecule has 3 aliphatic rings. The van der Waals surface area contributed by atoms with E-state index in [1.807, 2.05) is 12.2 Å². The molecule has 2 aliphatic heterocycles. The second-order valence-electron chi connectivity index (χ2n) is 7.94. The average molecular weight is 367 g/mol. The summed E-state index contributed by atoms with van der Waals surface area (Å²) in [7, 11) is 0. The molecule has 0 N–H and O–H groups in total. The number of hydrogen-bond donors (Lipinski definition) is 0. The fourth-order valence-corrected chi connectivity index (χ4v) is 4.55. The number of fused-ring (bicyclic) bond motifs is 1. The molecule has 2 heterocycles.